The Morgan fingerprint density at radius 1 is 1.58 bits per heavy atom. The molecule has 2 atom stereocenters. The van der Waals surface area contributed by atoms with E-state index in [1.807, 2.05) is 6.92 Å². The van der Waals surface area contributed by atoms with E-state index < -0.39 is 10.0 Å². The Bertz CT molecular complexity index is 540. The van der Waals surface area contributed by atoms with Crippen molar-refractivity contribution < 1.29 is 13.2 Å². The van der Waals surface area contributed by atoms with Crippen molar-refractivity contribution in [2.24, 2.45) is 0 Å². The lowest BCUT2D eigenvalue weighted by molar-refractivity contribution is 0.0916. The number of sulfonamides is 1. The van der Waals surface area contributed by atoms with Crippen molar-refractivity contribution in [1.82, 2.24) is 14.5 Å². The van der Waals surface area contributed by atoms with Crippen molar-refractivity contribution in [2.75, 3.05) is 12.8 Å². The number of nitrogens with zero attached hydrogens (tertiary/aromatic N) is 2. The first kappa shape index (κ1) is 14.3. The van der Waals surface area contributed by atoms with Gasteiger partial charge in [-0.25, -0.2) is 13.1 Å². The third-order valence-corrected chi connectivity index (χ3v) is 4.94. The first-order valence-electron chi connectivity index (χ1n) is 6.36. The van der Waals surface area contributed by atoms with Gasteiger partial charge in [0.05, 0.1) is 6.10 Å². The lowest BCUT2D eigenvalue weighted by Crippen LogP contribution is -2.40. The van der Waals surface area contributed by atoms with E-state index in [1.165, 1.54) is 10.9 Å². The van der Waals surface area contributed by atoms with E-state index in [9.17, 15) is 8.42 Å². The number of nitrogens with two attached hydrogens (primary N) is 1. The zero-order chi connectivity index (χ0) is 14.0. The van der Waals surface area contributed by atoms with Gasteiger partial charge in [0, 0.05) is 25.9 Å². The maximum atomic E-state index is 12.3. The lowest BCUT2D eigenvalue weighted by atomic mass is 10.2. The van der Waals surface area contributed by atoms with Crippen LogP contribution < -0.4 is 10.5 Å². The molecule has 1 saturated carbocycles. The summed E-state index contributed by atoms with van der Waals surface area (Å²) in [5.74, 6) is 0.0290. The van der Waals surface area contributed by atoms with Crippen LogP contribution in [0.5, 0.6) is 0 Å². The first-order chi connectivity index (χ1) is 8.97. The highest BCUT2D eigenvalue weighted by Gasteiger charge is 2.32. The summed E-state index contributed by atoms with van der Waals surface area (Å²) in [6, 6.07) is -0.195. The second kappa shape index (κ2) is 5.48. The quantitative estimate of drug-likeness (QED) is 0.813. The number of ether oxygens (including phenoxy) is 1. The molecule has 0 spiro atoms. The Hall–Kier alpha value is -1.12. The number of anilines is 1. The van der Waals surface area contributed by atoms with E-state index in [0.29, 0.717) is 6.54 Å². The van der Waals surface area contributed by atoms with E-state index in [0.717, 1.165) is 19.3 Å². The zero-order valence-electron chi connectivity index (χ0n) is 11.2. The van der Waals surface area contributed by atoms with E-state index in [4.69, 9.17) is 10.5 Å². The van der Waals surface area contributed by atoms with Gasteiger partial charge in [0.15, 0.2) is 5.82 Å². The summed E-state index contributed by atoms with van der Waals surface area (Å²) in [6.07, 6.45) is 3.98. The summed E-state index contributed by atoms with van der Waals surface area (Å²) >= 11 is 0. The highest BCUT2D eigenvalue weighted by molar-refractivity contribution is 7.89. The summed E-state index contributed by atoms with van der Waals surface area (Å²) < 4.78 is 34.1. The Balaban J connectivity index is 2.20. The topological polar surface area (TPSA) is 99.2 Å². The Kier molecular flexibility index (Phi) is 4.12. The van der Waals surface area contributed by atoms with Crippen LogP contribution in [0.3, 0.4) is 0 Å². The van der Waals surface area contributed by atoms with Crippen molar-refractivity contribution in [1.29, 1.82) is 0 Å². The minimum atomic E-state index is -3.64. The van der Waals surface area contributed by atoms with E-state index in [1.54, 1.807) is 7.11 Å². The molecule has 2 rings (SSSR count). The van der Waals surface area contributed by atoms with Gasteiger partial charge in [0.1, 0.15) is 4.90 Å². The van der Waals surface area contributed by atoms with Crippen LogP contribution in [-0.4, -0.2) is 37.5 Å². The maximum Gasteiger partial charge on any atom is 0.246 e. The van der Waals surface area contributed by atoms with Crippen molar-refractivity contribution in [3.8, 4) is 0 Å². The van der Waals surface area contributed by atoms with Crippen LogP contribution in [0, 0.1) is 0 Å². The predicted octanol–water partition coefficient (Wildman–Crippen LogP) is 0.331. The third kappa shape index (κ3) is 2.90. The number of rotatable bonds is 5. The van der Waals surface area contributed by atoms with E-state index in [-0.39, 0.29) is 22.9 Å². The number of nitrogens with one attached hydrogen (secondary N) is 1. The molecule has 7 nitrogen and oxygen atoms in total. The Morgan fingerprint density at radius 2 is 2.32 bits per heavy atom. The number of aromatic nitrogens is 2. The first-order valence-corrected chi connectivity index (χ1v) is 7.84. The number of hydrogen-bond acceptors (Lipinski definition) is 5. The standard InChI is InChI=1S/C11H20N4O3S/c1-3-15-7-10(11(12)13-15)19(16,17)14-8-5-4-6-9(8)18-2/h7-9,14H,3-6H2,1-2H3,(H2,12,13). The van der Waals surface area contributed by atoms with Crippen LogP contribution >= 0.6 is 0 Å². The molecule has 1 aromatic heterocycles. The molecule has 2 unspecified atom stereocenters. The van der Waals surface area contributed by atoms with E-state index in [2.05, 4.69) is 9.82 Å². The van der Waals surface area contributed by atoms with Crippen LogP contribution in [0.4, 0.5) is 5.82 Å². The van der Waals surface area contributed by atoms with Gasteiger partial charge in [-0.2, -0.15) is 5.10 Å². The molecule has 0 amide bonds. The van der Waals surface area contributed by atoms with Crippen molar-refractivity contribution in [3.63, 3.8) is 0 Å². The molecule has 1 aromatic rings. The van der Waals surface area contributed by atoms with Crippen LogP contribution in [0.25, 0.3) is 0 Å². The normalized spacial score (nSPS) is 23.9. The molecule has 1 aliphatic carbocycles. The summed E-state index contributed by atoms with van der Waals surface area (Å²) in [7, 11) is -2.05. The number of aryl methyl sites for hydroxylation is 1. The average Bonchev–Trinajstić information content (AvgIpc) is 2.95. The molecule has 3 N–H and O–H groups in total. The molecule has 0 aliphatic heterocycles. The van der Waals surface area contributed by atoms with Crippen LogP contribution in [0.2, 0.25) is 0 Å². The smallest absolute Gasteiger partial charge is 0.246 e. The fraction of sp³-hybridized carbons (Fsp3) is 0.727. The molecule has 0 aromatic carbocycles. The number of hydrogen-bond donors (Lipinski definition) is 2. The Morgan fingerprint density at radius 3 is 2.89 bits per heavy atom. The fourth-order valence-corrected chi connectivity index (χ4v) is 3.76. The molecule has 19 heavy (non-hydrogen) atoms. The van der Waals surface area contributed by atoms with Gasteiger partial charge in [-0.1, -0.05) is 0 Å². The minimum Gasteiger partial charge on any atom is -0.381 e. The Labute approximate surface area is 113 Å². The van der Waals surface area contributed by atoms with Crippen molar-refractivity contribution >= 4 is 15.8 Å². The maximum absolute atomic E-state index is 12.3. The van der Waals surface area contributed by atoms with Gasteiger partial charge < -0.3 is 10.5 Å². The van der Waals surface area contributed by atoms with Crippen molar-refractivity contribution in [2.45, 2.75) is 49.8 Å². The second-order valence-electron chi connectivity index (χ2n) is 4.67. The molecule has 0 saturated heterocycles. The number of nitrogen functional groups attached to an aromatic ring is 1. The van der Waals surface area contributed by atoms with Gasteiger partial charge >= 0.3 is 0 Å². The molecule has 0 radical (unpaired) electrons. The van der Waals surface area contributed by atoms with Crippen LogP contribution in [0.15, 0.2) is 11.1 Å². The van der Waals surface area contributed by atoms with Gasteiger partial charge in [0.25, 0.3) is 0 Å². The van der Waals surface area contributed by atoms with Crippen LogP contribution in [-0.2, 0) is 21.3 Å². The summed E-state index contributed by atoms with van der Waals surface area (Å²) in [5.41, 5.74) is 5.66. The van der Waals surface area contributed by atoms with Gasteiger partial charge in [-0.05, 0) is 26.2 Å². The number of methoxy groups -OCH3 is 1. The van der Waals surface area contributed by atoms with E-state index >= 15 is 0 Å². The highest BCUT2D eigenvalue weighted by Crippen LogP contribution is 2.24. The molecule has 0 bridgehead atoms. The van der Waals surface area contributed by atoms with Gasteiger partial charge in [-0.3, -0.25) is 4.68 Å². The molecule has 108 valence electrons. The summed E-state index contributed by atoms with van der Waals surface area (Å²) in [6.45, 7) is 2.44. The zero-order valence-corrected chi connectivity index (χ0v) is 12.0. The monoisotopic (exact) mass is 288 g/mol. The fourth-order valence-electron chi connectivity index (χ4n) is 2.39. The molecule has 1 heterocycles. The van der Waals surface area contributed by atoms with Gasteiger partial charge in [-0.15, -0.1) is 0 Å². The summed E-state index contributed by atoms with van der Waals surface area (Å²) in [5, 5.41) is 3.95. The third-order valence-electron chi connectivity index (χ3n) is 3.43. The average molecular weight is 288 g/mol. The molecule has 8 heteroatoms. The van der Waals surface area contributed by atoms with Gasteiger partial charge in [0.2, 0.25) is 10.0 Å². The second-order valence-corrected chi connectivity index (χ2v) is 6.35. The SMILES string of the molecule is CCn1cc(S(=O)(=O)NC2CCCC2OC)c(N)n1. The van der Waals surface area contributed by atoms with Crippen LogP contribution in [0.1, 0.15) is 26.2 Å². The highest BCUT2D eigenvalue weighted by atomic mass is 32.2. The molecular formula is C11H20N4O3S. The molecular weight excluding hydrogens is 268 g/mol. The lowest BCUT2D eigenvalue weighted by Gasteiger charge is -2.19. The minimum absolute atomic E-state index is 0.0290. The molecule has 1 aliphatic rings. The summed E-state index contributed by atoms with van der Waals surface area (Å²) in [4.78, 5) is 0.0381. The van der Waals surface area contributed by atoms with Crippen molar-refractivity contribution in [3.05, 3.63) is 6.20 Å². The largest absolute Gasteiger partial charge is 0.381 e. The predicted molar refractivity (Wildman–Crippen MR) is 71.1 cm³/mol. The molecule has 1 fully saturated rings.